The Balaban J connectivity index is 2.77. The number of nitrogens with one attached hydrogen (secondary N) is 1. The first-order valence-corrected chi connectivity index (χ1v) is 6.77. The molecule has 1 N–H and O–H groups in total. The van der Waals surface area contributed by atoms with Gasteiger partial charge in [0.15, 0.2) is 11.5 Å². The zero-order chi connectivity index (χ0) is 16.0. The number of ether oxygens (including phenoxy) is 2. The Labute approximate surface area is 125 Å². The van der Waals surface area contributed by atoms with Gasteiger partial charge in [0.2, 0.25) is 5.91 Å². The zero-order valence-electron chi connectivity index (χ0n) is 13.2. The number of nitrogens with zero attached hydrogens (tertiary/aromatic N) is 1. The predicted octanol–water partition coefficient (Wildman–Crippen LogP) is 2.30. The summed E-state index contributed by atoms with van der Waals surface area (Å²) in [5, 5.41) is 11.7. The Kier molecular flexibility index (Phi) is 5.60. The largest absolute Gasteiger partial charge is 0.493 e. The van der Waals surface area contributed by atoms with Crippen molar-refractivity contribution in [1.29, 1.82) is 5.26 Å². The number of methoxy groups -OCH3 is 2. The number of benzene rings is 1. The molecule has 0 spiro atoms. The van der Waals surface area contributed by atoms with Gasteiger partial charge in [-0.3, -0.25) is 4.79 Å². The smallest absolute Gasteiger partial charge is 0.224 e. The summed E-state index contributed by atoms with van der Waals surface area (Å²) in [6.45, 7) is 5.18. The van der Waals surface area contributed by atoms with Gasteiger partial charge in [-0.05, 0) is 38.0 Å². The van der Waals surface area contributed by atoms with Crippen molar-refractivity contribution in [1.82, 2.24) is 5.32 Å². The molecule has 1 rings (SSSR count). The van der Waals surface area contributed by atoms with Crippen LogP contribution in [0.2, 0.25) is 0 Å². The molecule has 0 heterocycles. The fourth-order valence-electron chi connectivity index (χ4n) is 1.91. The third-order valence-corrected chi connectivity index (χ3v) is 3.15. The number of carbonyl (C=O) groups excluding carboxylic acids is 1. The van der Waals surface area contributed by atoms with E-state index < -0.39 is 5.54 Å². The first-order valence-electron chi connectivity index (χ1n) is 6.77. The Morgan fingerprint density at radius 1 is 1.33 bits per heavy atom. The average Bonchev–Trinajstić information content (AvgIpc) is 2.46. The summed E-state index contributed by atoms with van der Waals surface area (Å²) in [6.07, 6.45) is 0.563. The van der Waals surface area contributed by atoms with Crippen molar-refractivity contribution in [3.63, 3.8) is 0 Å². The highest BCUT2D eigenvalue weighted by atomic mass is 16.5. The average molecular weight is 290 g/mol. The minimum atomic E-state index is -0.858. The van der Waals surface area contributed by atoms with E-state index in [1.54, 1.807) is 28.1 Å². The lowest BCUT2D eigenvalue weighted by atomic mass is 9.98. The van der Waals surface area contributed by atoms with Crippen LogP contribution >= 0.6 is 0 Å². The molecule has 5 nitrogen and oxygen atoms in total. The molecule has 1 aromatic carbocycles. The molecule has 114 valence electrons. The monoisotopic (exact) mass is 290 g/mol. The third-order valence-electron chi connectivity index (χ3n) is 3.15. The maximum atomic E-state index is 12.1. The highest BCUT2D eigenvalue weighted by molar-refractivity contribution is 5.79. The Bertz CT molecular complexity index is 547. The molecular formula is C16H22N2O3. The zero-order valence-corrected chi connectivity index (χ0v) is 13.2. The van der Waals surface area contributed by atoms with Crippen LogP contribution in [0.5, 0.6) is 11.5 Å². The van der Waals surface area contributed by atoms with Crippen LogP contribution < -0.4 is 14.8 Å². The van der Waals surface area contributed by atoms with Gasteiger partial charge in [0, 0.05) is 5.92 Å². The first-order chi connectivity index (χ1) is 9.82. The molecule has 0 saturated heterocycles. The van der Waals surface area contributed by atoms with E-state index in [1.165, 1.54) is 0 Å². The fourth-order valence-corrected chi connectivity index (χ4v) is 1.91. The summed E-state index contributed by atoms with van der Waals surface area (Å²) in [7, 11) is 3.16. The standard InChI is InChI=1S/C16H22N2O3/c1-11(15(19)18-16(2,3)10-17)8-12-6-7-13(20-4)14(9-12)21-5/h6-7,9,11H,8H2,1-5H3,(H,18,19)/t11-/m0/s1. The van der Waals surface area contributed by atoms with Gasteiger partial charge in [0.1, 0.15) is 5.54 Å². The molecule has 0 fully saturated rings. The van der Waals surface area contributed by atoms with Crippen LogP contribution in [0.25, 0.3) is 0 Å². The second-order valence-corrected chi connectivity index (χ2v) is 5.52. The number of nitriles is 1. The number of hydrogen-bond donors (Lipinski definition) is 1. The second kappa shape index (κ2) is 6.98. The van der Waals surface area contributed by atoms with Crippen LogP contribution in [0.1, 0.15) is 26.3 Å². The summed E-state index contributed by atoms with van der Waals surface area (Å²) in [4.78, 5) is 12.1. The van der Waals surface area contributed by atoms with Gasteiger partial charge in [-0.25, -0.2) is 0 Å². The molecule has 5 heteroatoms. The summed E-state index contributed by atoms with van der Waals surface area (Å²) < 4.78 is 10.4. The van der Waals surface area contributed by atoms with Crippen LogP contribution in [0, 0.1) is 17.2 Å². The molecule has 1 aromatic rings. The van der Waals surface area contributed by atoms with E-state index in [9.17, 15) is 4.79 Å². The lowest BCUT2D eigenvalue weighted by Crippen LogP contribution is -2.44. The van der Waals surface area contributed by atoms with Crippen molar-refractivity contribution in [2.45, 2.75) is 32.7 Å². The van der Waals surface area contributed by atoms with Crippen LogP contribution in [0.3, 0.4) is 0 Å². The van der Waals surface area contributed by atoms with Gasteiger partial charge in [-0.15, -0.1) is 0 Å². The summed E-state index contributed by atoms with van der Waals surface area (Å²) in [5.74, 6) is 0.913. The van der Waals surface area contributed by atoms with E-state index >= 15 is 0 Å². The molecule has 0 aromatic heterocycles. The molecule has 0 unspecified atom stereocenters. The van der Waals surface area contributed by atoms with Gasteiger partial charge >= 0.3 is 0 Å². The van der Waals surface area contributed by atoms with Gasteiger partial charge < -0.3 is 14.8 Å². The number of hydrogen-bond acceptors (Lipinski definition) is 4. The molecular weight excluding hydrogens is 268 g/mol. The van der Waals surface area contributed by atoms with Crippen LogP contribution in [-0.4, -0.2) is 25.7 Å². The number of amides is 1. The highest BCUT2D eigenvalue weighted by Crippen LogP contribution is 2.28. The van der Waals surface area contributed by atoms with Crippen molar-refractivity contribution in [3.05, 3.63) is 23.8 Å². The molecule has 0 radical (unpaired) electrons. The third kappa shape index (κ3) is 4.67. The molecule has 0 aliphatic rings. The van der Waals surface area contributed by atoms with Crippen LogP contribution in [0.15, 0.2) is 18.2 Å². The minimum Gasteiger partial charge on any atom is -0.493 e. The molecule has 0 aliphatic carbocycles. The second-order valence-electron chi connectivity index (χ2n) is 5.52. The molecule has 1 amide bonds. The quantitative estimate of drug-likeness (QED) is 0.872. The molecule has 0 bridgehead atoms. The Morgan fingerprint density at radius 3 is 2.48 bits per heavy atom. The number of rotatable bonds is 6. The van der Waals surface area contributed by atoms with E-state index in [0.717, 1.165) is 5.56 Å². The van der Waals surface area contributed by atoms with E-state index in [1.807, 2.05) is 25.1 Å². The van der Waals surface area contributed by atoms with Crippen molar-refractivity contribution in [3.8, 4) is 17.6 Å². The maximum Gasteiger partial charge on any atom is 0.224 e. The predicted molar refractivity (Wildman–Crippen MR) is 80.2 cm³/mol. The van der Waals surface area contributed by atoms with E-state index in [-0.39, 0.29) is 11.8 Å². The summed E-state index contributed by atoms with van der Waals surface area (Å²) in [6, 6.07) is 7.64. The lowest BCUT2D eigenvalue weighted by Gasteiger charge is -2.21. The summed E-state index contributed by atoms with van der Waals surface area (Å²) >= 11 is 0. The molecule has 0 saturated carbocycles. The van der Waals surface area contributed by atoms with Crippen molar-refractivity contribution in [2.75, 3.05) is 14.2 Å². The SMILES string of the molecule is COc1ccc(C[C@H](C)C(=O)NC(C)(C)C#N)cc1OC. The van der Waals surface area contributed by atoms with Crippen LogP contribution in [-0.2, 0) is 11.2 Å². The van der Waals surface area contributed by atoms with Gasteiger partial charge in [0.05, 0.1) is 20.3 Å². The molecule has 21 heavy (non-hydrogen) atoms. The van der Waals surface area contributed by atoms with Crippen molar-refractivity contribution >= 4 is 5.91 Å². The van der Waals surface area contributed by atoms with Crippen LogP contribution in [0.4, 0.5) is 0 Å². The van der Waals surface area contributed by atoms with Crippen molar-refractivity contribution in [2.24, 2.45) is 5.92 Å². The molecule has 0 aliphatic heterocycles. The fraction of sp³-hybridized carbons (Fsp3) is 0.500. The van der Waals surface area contributed by atoms with Gasteiger partial charge in [-0.1, -0.05) is 13.0 Å². The minimum absolute atomic E-state index is 0.142. The van der Waals surface area contributed by atoms with Gasteiger partial charge in [-0.2, -0.15) is 5.26 Å². The highest BCUT2D eigenvalue weighted by Gasteiger charge is 2.23. The normalized spacial score (nSPS) is 12.2. The maximum absolute atomic E-state index is 12.1. The van der Waals surface area contributed by atoms with E-state index in [0.29, 0.717) is 17.9 Å². The lowest BCUT2D eigenvalue weighted by molar-refractivity contribution is -0.125. The van der Waals surface area contributed by atoms with Crippen molar-refractivity contribution < 1.29 is 14.3 Å². The Hall–Kier alpha value is -2.22. The van der Waals surface area contributed by atoms with E-state index in [4.69, 9.17) is 14.7 Å². The number of carbonyl (C=O) groups is 1. The molecule has 1 atom stereocenters. The summed E-state index contributed by atoms with van der Waals surface area (Å²) in [5.41, 5.74) is 0.119. The Morgan fingerprint density at radius 2 is 1.95 bits per heavy atom. The topological polar surface area (TPSA) is 71.3 Å². The first kappa shape index (κ1) is 16.8. The van der Waals surface area contributed by atoms with E-state index in [2.05, 4.69) is 11.4 Å². The van der Waals surface area contributed by atoms with Gasteiger partial charge in [0.25, 0.3) is 0 Å².